The first-order valence-electron chi connectivity index (χ1n) is 7.59. The predicted octanol–water partition coefficient (Wildman–Crippen LogP) is 3.25. The summed E-state index contributed by atoms with van der Waals surface area (Å²) in [6.45, 7) is 7.11. The summed E-state index contributed by atoms with van der Waals surface area (Å²) in [5.74, 6) is 0.733. The third kappa shape index (κ3) is 4.45. The smallest absolute Gasteiger partial charge is 0.222 e. The molecule has 21 heavy (non-hydrogen) atoms. The van der Waals surface area contributed by atoms with Gasteiger partial charge in [0.2, 0.25) is 5.91 Å². The van der Waals surface area contributed by atoms with Crippen LogP contribution in [0.1, 0.15) is 50.2 Å². The Labute approximate surface area is 134 Å². The standard InChI is InChI=1S/C17H26N2O.ClH/c1-12-6-4-5-7-16(12)15-10-14(3)19(11-15)17(20)9-8-13(2)18;/h4-7,13-15H,8-11,18H2,1-3H3;1H. The molecule has 3 nitrogen and oxygen atoms in total. The number of halogens is 1. The van der Waals surface area contributed by atoms with Crippen molar-refractivity contribution in [3.05, 3.63) is 35.4 Å². The number of carbonyl (C=O) groups excluding carboxylic acids is 1. The Hall–Kier alpha value is -1.06. The minimum absolute atomic E-state index is 0. The molecule has 2 N–H and O–H groups in total. The van der Waals surface area contributed by atoms with Gasteiger partial charge in [-0.25, -0.2) is 0 Å². The van der Waals surface area contributed by atoms with Gasteiger partial charge in [-0.2, -0.15) is 0 Å². The molecule has 1 aromatic carbocycles. The third-order valence-electron chi connectivity index (χ3n) is 4.34. The SMILES string of the molecule is Cc1ccccc1C1CC(C)N(C(=O)CCC(C)N)C1.Cl. The van der Waals surface area contributed by atoms with E-state index in [-0.39, 0.29) is 24.4 Å². The maximum atomic E-state index is 12.3. The lowest BCUT2D eigenvalue weighted by Gasteiger charge is -2.22. The Morgan fingerprint density at radius 1 is 1.43 bits per heavy atom. The zero-order valence-electron chi connectivity index (χ0n) is 13.2. The van der Waals surface area contributed by atoms with Crippen LogP contribution in [0.15, 0.2) is 24.3 Å². The van der Waals surface area contributed by atoms with E-state index < -0.39 is 0 Å². The number of rotatable bonds is 4. The lowest BCUT2D eigenvalue weighted by molar-refractivity contribution is -0.131. The molecule has 1 saturated heterocycles. The van der Waals surface area contributed by atoms with Crippen molar-refractivity contribution in [3.8, 4) is 0 Å². The molecular weight excluding hydrogens is 284 g/mol. The van der Waals surface area contributed by atoms with Crippen molar-refractivity contribution in [2.45, 2.75) is 58.0 Å². The van der Waals surface area contributed by atoms with Crippen LogP contribution in [0.25, 0.3) is 0 Å². The number of aryl methyl sites for hydroxylation is 1. The highest BCUT2D eigenvalue weighted by atomic mass is 35.5. The topological polar surface area (TPSA) is 46.3 Å². The molecule has 118 valence electrons. The largest absolute Gasteiger partial charge is 0.339 e. The molecule has 0 spiro atoms. The van der Waals surface area contributed by atoms with Crippen molar-refractivity contribution in [1.29, 1.82) is 0 Å². The van der Waals surface area contributed by atoms with Gasteiger partial charge in [-0.15, -0.1) is 12.4 Å². The second kappa shape index (κ2) is 7.81. The van der Waals surface area contributed by atoms with Gasteiger partial charge in [-0.05, 0) is 44.7 Å². The number of carbonyl (C=O) groups is 1. The molecule has 0 aromatic heterocycles. The van der Waals surface area contributed by atoms with Crippen LogP contribution in [0.5, 0.6) is 0 Å². The maximum absolute atomic E-state index is 12.3. The van der Waals surface area contributed by atoms with E-state index in [1.165, 1.54) is 11.1 Å². The molecule has 0 saturated carbocycles. The zero-order chi connectivity index (χ0) is 14.7. The van der Waals surface area contributed by atoms with Crippen molar-refractivity contribution in [2.24, 2.45) is 5.73 Å². The van der Waals surface area contributed by atoms with E-state index in [1.54, 1.807) is 0 Å². The number of likely N-dealkylation sites (tertiary alicyclic amines) is 1. The highest BCUT2D eigenvalue weighted by molar-refractivity contribution is 5.85. The van der Waals surface area contributed by atoms with E-state index >= 15 is 0 Å². The molecule has 0 bridgehead atoms. The van der Waals surface area contributed by atoms with Crippen LogP contribution in [-0.2, 0) is 4.79 Å². The molecule has 0 aliphatic carbocycles. The van der Waals surface area contributed by atoms with Gasteiger partial charge in [0, 0.05) is 31.0 Å². The Morgan fingerprint density at radius 2 is 2.10 bits per heavy atom. The van der Waals surface area contributed by atoms with Crippen molar-refractivity contribution >= 4 is 18.3 Å². The molecule has 3 unspecified atom stereocenters. The maximum Gasteiger partial charge on any atom is 0.222 e. The predicted molar refractivity (Wildman–Crippen MR) is 89.8 cm³/mol. The first-order chi connectivity index (χ1) is 9.49. The normalized spacial score (nSPS) is 22.8. The van der Waals surface area contributed by atoms with E-state index in [4.69, 9.17) is 5.73 Å². The third-order valence-corrected chi connectivity index (χ3v) is 4.34. The summed E-state index contributed by atoms with van der Waals surface area (Å²) in [6, 6.07) is 8.95. The van der Waals surface area contributed by atoms with Crippen molar-refractivity contribution in [2.75, 3.05) is 6.54 Å². The van der Waals surface area contributed by atoms with Gasteiger partial charge in [-0.1, -0.05) is 24.3 Å². The fourth-order valence-corrected chi connectivity index (χ4v) is 3.14. The number of nitrogens with two attached hydrogens (primary N) is 1. The fraction of sp³-hybridized carbons (Fsp3) is 0.588. The van der Waals surface area contributed by atoms with Gasteiger partial charge in [-0.3, -0.25) is 4.79 Å². The Balaban J connectivity index is 0.00000220. The van der Waals surface area contributed by atoms with Gasteiger partial charge in [0.05, 0.1) is 0 Å². The van der Waals surface area contributed by atoms with Gasteiger partial charge < -0.3 is 10.6 Å². The average Bonchev–Trinajstić information content (AvgIpc) is 2.78. The Morgan fingerprint density at radius 3 is 2.71 bits per heavy atom. The number of hydrogen-bond acceptors (Lipinski definition) is 2. The summed E-state index contributed by atoms with van der Waals surface area (Å²) in [5.41, 5.74) is 8.46. The van der Waals surface area contributed by atoms with Crippen LogP contribution in [-0.4, -0.2) is 29.4 Å². The number of hydrogen-bond donors (Lipinski definition) is 1. The van der Waals surface area contributed by atoms with Crippen LogP contribution >= 0.6 is 12.4 Å². The molecule has 3 atom stereocenters. The second-order valence-corrected chi connectivity index (χ2v) is 6.20. The molecule has 1 amide bonds. The monoisotopic (exact) mass is 310 g/mol. The lowest BCUT2D eigenvalue weighted by atomic mass is 9.93. The van der Waals surface area contributed by atoms with Gasteiger partial charge in [0.25, 0.3) is 0 Å². The quantitative estimate of drug-likeness (QED) is 0.928. The van der Waals surface area contributed by atoms with E-state index in [0.717, 1.165) is 19.4 Å². The molecule has 1 aliphatic rings. The minimum atomic E-state index is 0. The van der Waals surface area contributed by atoms with Crippen LogP contribution in [0.2, 0.25) is 0 Å². The summed E-state index contributed by atoms with van der Waals surface area (Å²) in [7, 11) is 0. The van der Waals surface area contributed by atoms with Gasteiger partial charge >= 0.3 is 0 Å². The van der Waals surface area contributed by atoms with Crippen molar-refractivity contribution in [3.63, 3.8) is 0 Å². The van der Waals surface area contributed by atoms with Crippen LogP contribution in [0, 0.1) is 6.92 Å². The summed E-state index contributed by atoms with van der Waals surface area (Å²) in [4.78, 5) is 14.3. The number of amides is 1. The molecule has 1 aromatic rings. The van der Waals surface area contributed by atoms with Crippen LogP contribution in [0.3, 0.4) is 0 Å². The Kier molecular flexibility index (Phi) is 6.69. The molecule has 1 aliphatic heterocycles. The summed E-state index contributed by atoms with van der Waals surface area (Å²) >= 11 is 0. The molecule has 2 rings (SSSR count). The fourth-order valence-electron chi connectivity index (χ4n) is 3.14. The first kappa shape index (κ1) is 18.0. The van der Waals surface area contributed by atoms with E-state index in [1.807, 2.05) is 11.8 Å². The van der Waals surface area contributed by atoms with E-state index in [0.29, 0.717) is 18.4 Å². The summed E-state index contributed by atoms with van der Waals surface area (Å²) in [5, 5.41) is 0. The number of benzene rings is 1. The Bertz CT molecular complexity index is 476. The molecule has 1 heterocycles. The average molecular weight is 311 g/mol. The first-order valence-corrected chi connectivity index (χ1v) is 7.59. The number of nitrogens with zero attached hydrogens (tertiary/aromatic N) is 1. The van der Waals surface area contributed by atoms with Gasteiger partial charge in [0.1, 0.15) is 0 Å². The molecular formula is C17H27ClN2O. The van der Waals surface area contributed by atoms with E-state index in [2.05, 4.69) is 38.1 Å². The minimum Gasteiger partial charge on any atom is -0.339 e. The summed E-state index contributed by atoms with van der Waals surface area (Å²) < 4.78 is 0. The van der Waals surface area contributed by atoms with Crippen molar-refractivity contribution < 1.29 is 4.79 Å². The van der Waals surface area contributed by atoms with Crippen LogP contribution in [0.4, 0.5) is 0 Å². The highest BCUT2D eigenvalue weighted by Crippen LogP contribution is 2.33. The summed E-state index contributed by atoms with van der Waals surface area (Å²) in [6.07, 6.45) is 2.41. The molecule has 1 fully saturated rings. The lowest BCUT2D eigenvalue weighted by Crippen LogP contribution is -2.34. The van der Waals surface area contributed by atoms with Crippen molar-refractivity contribution in [1.82, 2.24) is 4.90 Å². The molecule has 0 radical (unpaired) electrons. The van der Waals surface area contributed by atoms with E-state index in [9.17, 15) is 4.79 Å². The zero-order valence-corrected chi connectivity index (χ0v) is 14.0. The van der Waals surface area contributed by atoms with Crippen LogP contribution < -0.4 is 5.73 Å². The second-order valence-electron chi connectivity index (χ2n) is 6.20. The van der Waals surface area contributed by atoms with Gasteiger partial charge in [0.15, 0.2) is 0 Å². The molecule has 4 heteroatoms. The highest BCUT2D eigenvalue weighted by Gasteiger charge is 2.33.